The maximum absolute atomic E-state index is 10.7. The van der Waals surface area contributed by atoms with Crippen molar-refractivity contribution in [3.63, 3.8) is 0 Å². The van der Waals surface area contributed by atoms with Gasteiger partial charge < -0.3 is 4.74 Å². The molecular weight excluding hydrogens is 174 g/mol. The molecule has 0 aromatic heterocycles. The molecule has 0 aliphatic heterocycles. The van der Waals surface area contributed by atoms with Crippen molar-refractivity contribution in [3.8, 4) is 0 Å². The van der Waals surface area contributed by atoms with E-state index in [2.05, 4.69) is 9.57 Å². The molecule has 0 heterocycles. The van der Waals surface area contributed by atoms with E-state index in [9.17, 15) is 13.2 Å². The Kier molecular flexibility index (Phi) is 4.01. The first-order valence-electron chi connectivity index (χ1n) is 2.61. The van der Waals surface area contributed by atoms with Crippen LogP contribution in [0.1, 0.15) is 0 Å². The Morgan fingerprint density at radius 2 is 2.00 bits per heavy atom. The Balaban J connectivity index is 4.03. The van der Waals surface area contributed by atoms with Crippen LogP contribution < -0.4 is 4.89 Å². The summed E-state index contributed by atoms with van der Waals surface area (Å²) in [7, 11) is -1.45. The first-order valence-corrected chi connectivity index (χ1v) is 4.26. The van der Waals surface area contributed by atoms with Gasteiger partial charge in [0.15, 0.2) is 5.75 Å². The fourth-order valence-corrected chi connectivity index (χ4v) is 1.11. The number of carbonyl (C=O) groups excluding carboxylic acids is 1. The quantitative estimate of drug-likeness (QED) is 0.430. The molecule has 0 aliphatic carbocycles. The van der Waals surface area contributed by atoms with E-state index in [4.69, 9.17) is 0 Å². The summed E-state index contributed by atoms with van der Waals surface area (Å²) in [5.41, 5.74) is 0. The first kappa shape index (κ1) is 10.3. The Morgan fingerprint density at radius 1 is 1.45 bits per heavy atom. The van der Waals surface area contributed by atoms with Crippen molar-refractivity contribution < 1.29 is 22.8 Å². The summed E-state index contributed by atoms with van der Waals surface area (Å²) in [6, 6.07) is 0. The second-order valence-corrected chi connectivity index (χ2v) is 3.31. The van der Waals surface area contributed by atoms with Crippen molar-refractivity contribution in [1.29, 1.82) is 0 Å². The van der Waals surface area contributed by atoms with Gasteiger partial charge in [0.2, 0.25) is 10.0 Å². The van der Waals surface area contributed by atoms with Gasteiger partial charge in [0, 0.05) is 0 Å². The van der Waals surface area contributed by atoms with Crippen molar-refractivity contribution in [1.82, 2.24) is 4.89 Å². The fraction of sp³-hybridized carbons (Fsp3) is 0.750. The lowest BCUT2D eigenvalue weighted by atomic mass is 10.8. The maximum atomic E-state index is 10.7. The predicted octanol–water partition coefficient (Wildman–Crippen LogP) is -1.36. The Labute approximate surface area is 64.5 Å². The zero-order chi connectivity index (χ0) is 8.91. The van der Waals surface area contributed by atoms with Crippen molar-refractivity contribution in [2.45, 2.75) is 0 Å². The monoisotopic (exact) mass is 183 g/mol. The molecule has 0 aliphatic rings. The highest BCUT2D eigenvalue weighted by molar-refractivity contribution is 7.90. The molecule has 1 N–H and O–H groups in total. The van der Waals surface area contributed by atoms with Gasteiger partial charge in [-0.3, -0.25) is 9.63 Å². The van der Waals surface area contributed by atoms with Gasteiger partial charge in [0.05, 0.1) is 14.2 Å². The van der Waals surface area contributed by atoms with Crippen LogP contribution in [-0.2, 0) is 24.4 Å². The average Bonchev–Trinajstić information content (AvgIpc) is 1.86. The third kappa shape index (κ3) is 4.71. The normalized spacial score (nSPS) is 11.1. The topological polar surface area (TPSA) is 81.7 Å². The standard InChI is InChI=1S/C4H9NO5S/c1-9-4(6)3-11(7,8)5-10-2/h5H,3H2,1-2H3. The van der Waals surface area contributed by atoms with E-state index in [-0.39, 0.29) is 0 Å². The molecule has 6 nitrogen and oxygen atoms in total. The lowest BCUT2D eigenvalue weighted by Crippen LogP contribution is -2.29. The summed E-state index contributed by atoms with van der Waals surface area (Å²) in [5.74, 6) is -1.58. The molecule has 0 rings (SSSR count). The van der Waals surface area contributed by atoms with Crippen molar-refractivity contribution in [3.05, 3.63) is 0 Å². The summed E-state index contributed by atoms with van der Waals surface area (Å²) in [6.45, 7) is 0. The summed E-state index contributed by atoms with van der Waals surface area (Å²) in [6.07, 6.45) is 0. The third-order valence-corrected chi connectivity index (χ3v) is 1.78. The van der Waals surface area contributed by atoms with Crippen LogP contribution in [0.15, 0.2) is 0 Å². The van der Waals surface area contributed by atoms with Crippen molar-refractivity contribution in [2.24, 2.45) is 0 Å². The van der Waals surface area contributed by atoms with Crippen LogP contribution in [0.2, 0.25) is 0 Å². The highest BCUT2D eigenvalue weighted by Crippen LogP contribution is 1.85. The minimum Gasteiger partial charge on any atom is -0.468 e. The van der Waals surface area contributed by atoms with Crippen LogP contribution in [0.25, 0.3) is 0 Å². The highest BCUT2D eigenvalue weighted by Gasteiger charge is 2.15. The number of ether oxygens (including phenoxy) is 1. The number of sulfonamides is 1. The van der Waals surface area contributed by atoms with E-state index in [0.29, 0.717) is 0 Å². The molecule has 0 amide bonds. The third-order valence-electron chi connectivity index (χ3n) is 0.746. The Bertz CT molecular complexity index is 221. The molecule has 0 aromatic carbocycles. The molecular formula is C4H9NO5S. The number of hydrogen-bond acceptors (Lipinski definition) is 5. The lowest BCUT2D eigenvalue weighted by Gasteiger charge is -2.01. The molecule has 11 heavy (non-hydrogen) atoms. The summed E-state index contributed by atoms with van der Waals surface area (Å²) in [5, 5.41) is 0. The SMILES string of the molecule is CONS(=O)(=O)CC(=O)OC. The molecule has 0 spiro atoms. The van der Waals surface area contributed by atoms with Gasteiger partial charge in [-0.25, -0.2) is 8.42 Å². The van der Waals surface area contributed by atoms with E-state index in [1.165, 1.54) is 0 Å². The largest absolute Gasteiger partial charge is 0.468 e. The van der Waals surface area contributed by atoms with Gasteiger partial charge in [-0.15, -0.1) is 0 Å². The van der Waals surface area contributed by atoms with Crippen molar-refractivity contribution >= 4 is 16.0 Å². The molecule has 7 heteroatoms. The second kappa shape index (κ2) is 4.27. The zero-order valence-corrected chi connectivity index (χ0v) is 6.97. The van der Waals surface area contributed by atoms with E-state index in [0.717, 1.165) is 14.2 Å². The summed E-state index contributed by atoms with van der Waals surface area (Å²) in [4.78, 5) is 16.2. The predicted molar refractivity (Wildman–Crippen MR) is 35.9 cm³/mol. The minimum absolute atomic E-state index is 0.739. The Morgan fingerprint density at radius 3 is 2.36 bits per heavy atom. The lowest BCUT2D eigenvalue weighted by molar-refractivity contribution is -0.137. The summed E-state index contributed by atoms with van der Waals surface area (Å²) < 4.78 is 25.4. The van der Waals surface area contributed by atoms with E-state index < -0.39 is 21.7 Å². The molecule has 0 atom stereocenters. The number of rotatable bonds is 4. The van der Waals surface area contributed by atoms with Gasteiger partial charge >= 0.3 is 5.97 Å². The molecule has 0 saturated heterocycles. The number of nitrogens with one attached hydrogen (secondary N) is 1. The van der Waals surface area contributed by atoms with Gasteiger partial charge in [-0.1, -0.05) is 4.89 Å². The zero-order valence-electron chi connectivity index (χ0n) is 6.16. The van der Waals surface area contributed by atoms with Gasteiger partial charge in [-0.2, -0.15) is 0 Å². The summed E-state index contributed by atoms with van der Waals surface area (Å²) >= 11 is 0. The van der Waals surface area contributed by atoms with Crippen LogP contribution in [0.3, 0.4) is 0 Å². The average molecular weight is 183 g/mol. The van der Waals surface area contributed by atoms with Crippen LogP contribution in [0.5, 0.6) is 0 Å². The molecule has 0 fully saturated rings. The molecule has 0 saturated carbocycles. The maximum Gasteiger partial charge on any atom is 0.322 e. The van der Waals surface area contributed by atoms with Gasteiger partial charge in [-0.05, 0) is 0 Å². The Hall–Kier alpha value is -0.660. The highest BCUT2D eigenvalue weighted by atomic mass is 32.2. The molecule has 0 aromatic rings. The molecule has 0 radical (unpaired) electrons. The van der Waals surface area contributed by atoms with Gasteiger partial charge in [0.1, 0.15) is 0 Å². The van der Waals surface area contributed by atoms with Crippen LogP contribution >= 0.6 is 0 Å². The molecule has 0 unspecified atom stereocenters. The smallest absolute Gasteiger partial charge is 0.322 e. The van der Waals surface area contributed by atoms with Crippen LogP contribution in [0, 0.1) is 0 Å². The van der Waals surface area contributed by atoms with E-state index >= 15 is 0 Å². The number of hydrogen-bond donors (Lipinski definition) is 1. The van der Waals surface area contributed by atoms with Crippen LogP contribution in [0.4, 0.5) is 0 Å². The van der Waals surface area contributed by atoms with E-state index in [1.807, 2.05) is 0 Å². The van der Waals surface area contributed by atoms with Crippen molar-refractivity contribution in [2.75, 3.05) is 20.0 Å². The van der Waals surface area contributed by atoms with Crippen LogP contribution in [-0.4, -0.2) is 34.4 Å². The second-order valence-electron chi connectivity index (χ2n) is 1.62. The number of carbonyl (C=O) groups is 1. The number of methoxy groups -OCH3 is 1. The van der Waals surface area contributed by atoms with Gasteiger partial charge in [0.25, 0.3) is 0 Å². The number of esters is 1. The molecule has 0 bridgehead atoms. The first-order chi connectivity index (χ1) is 5.02. The fourth-order valence-electron chi connectivity index (χ4n) is 0.371. The van der Waals surface area contributed by atoms with E-state index in [1.54, 1.807) is 4.89 Å². The minimum atomic E-state index is -3.69. The molecule has 66 valence electrons.